The Kier molecular flexibility index (Phi) is 3.19. The van der Waals surface area contributed by atoms with Crippen LogP contribution in [0, 0.1) is 5.92 Å². The molecule has 3 nitrogen and oxygen atoms in total. The summed E-state index contributed by atoms with van der Waals surface area (Å²) in [6.45, 7) is 0. The number of methoxy groups -OCH3 is 2. The smallest absolute Gasteiger partial charge is 0.309 e. The molecule has 0 heterocycles. The number of esters is 1. The monoisotopic (exact) mass is 284 g/mol. The second-order valence-corrected chi connectivity index (χ2v) is 4.77. The number of hydrogen-bond donors (Lipinski definition) is 0. The highest BCUT2D eigenvalue weighted by atomic mass is 79.9. The highest BCUT2D eigenvalue weighted by Gasteiger charge is 2.46. The molecule has 0 aliphatic heterocycles. The number of ether oxygens (including phenoxy) is 2. The van der Waals surface area contributed by atoms with E-state index in [0.29, 0.717) is 0 Å². The Morgan fingerprint density at radius 2 is 2.19 bits per heavy atom. The first-order chi connectivity index (χ1) is 7.67. The molecule has 86 valence electrons. The molecule has 1 aromatic rings. The van der Waals surface area contributed by atoms with E-state index in [-0.39, 0.29) is 17.8 Å². The van der Waals surface area contributed by atoms with E-state index < -0.39 is 0 Å². The van der Waals surface area contributed by atoms with Crippen LogP contribution >= 0.6 is 15.9 Å². The Balaban J connectivity index is 2.22. The van der Waals surface area contributed by atoms with Gasteiger partial charge in [0.15, 0.2) is 0 Å². The van der Waals surface area contributed by atoms with Crippen molar-refractivity contribution in [2.45, 2.75) is 12.3 Å². The summed E-state index contributed by atoms with van der Waals surface area (Å²) in [5.74, 6) is 0.930. The number of halogens is 1. The zero-order valence-electron chi connectivity index (χ0n) is 9.20. The molecule has 2 atom stereocenters. The van der Waals surface area contributed by atoms with Crippen LogP contribution in [-0.4, -0.2) is 20.2 Å². The third kappa shape index (κ3) is 2.07. The van der Waals surface area contributed by atoms with Crippen LogP contribution in [0.3, 0.4) is 0 Å². The molecule has 0 bridgehead atoms. The van der Waals surface area contributed by atoms with Crippen LogP contribution in [0.1, 0.15) is 17.9 Å². The van der Waals surface area contributed by atoms with Crippen molar-refractivity contribution < 1.29 is 14.3 Å². The Bertz CT molecular complexity index is 417. The molecule has 0 N–H and O–H groups in total. The average Bonchev–Trinajstić information content (AvgIpc) is 3.08. The van der Waals surface area contributed by atoms with Gasteiger partial charge in [-0.1, -0.05) is 15.9 Å². The second kappa shape index (κ2) is 4.45. The van der Waals surface area contributed by atoms with E-state index in [4.69, 9.17) is 9.47 Å². The van der Waals surface area contributed by atoms with E-state index in [0.717, 1.165) is 22.2 Å². The van der Waals surface area contributed by atoms with Crippen LogP contribution in [0.2, 0.25) is 0 Å². The fourth-order valence-electron chi connectivity index (χ4n) is 1.95. The van der Waals surface area contributed by atoms with E-state index >= 15 is 0 Å². The predicted octanol–water partition coefficient (Wildman–Crippen LogP) is 2.73. The summed E-state index contributed by atoms with van der Waals surface area (Å²) < 4.78 is 11.0. The normalized spacial score (nSPS) is 22.7. The number of carbonyl (C=O) groups is 1. The minimum atomic E-state index is -0.132. The van der Waals surface area contributed by atoms with Gasteiger partial charge in [0, 0.05) is 10.4 Å². The molecule has 0 aromatic heterocycles. The summed E-state index contributed by atoms with van der Waals surface area (Å²) in [4.78, 5) is 11.4. The third-order valence-corrected chi connectivity index (χ3v) is 3.38. The maximum Gasteiger partial charge on any atom is 0.309 e. The van der Waals surface area contributed by atoms with Crippen molar-refractivity contribution in [2.24, 2.45) is 5.92 Å². The number of benzene rings is 1. The van der Waals surface area contributed by atoms with Gasteiger partial charge >= 0.3 is 5.97 Å². The molecule has 1 aromatic carbocycles. The lowest BCUT2D eigenvalue weighted by Crippen LogP contribution is -2.04. The SMILES string of the molecule is COC(=O)C1CC1c1cc(Br)ccc1OC. The third-order valence-electron chi connectivity index (χ3n) is 2.89. The molecule has 0 saturated heterocycles. The van der Waals surface area contributed by atoms with Gasteiger partial charge < -0.3 is 9.47 Å². The Morgan fingerprint density at radius 1 is 1.44 bits per heavy atom. The summed E-state index contributed by atoms with van der Waals surface area (Å²) >= 11 is 3.42. The van der Waals surface area contributed by atoms with Gasteiger partial charge in [-0.3, -0.25) is 4.79 Å². The fraction of sp³-hybridized carbons (Fsp3) is 0.417. The molecular weight excluding hydrogens is 272 g/mol. The molecule has 1 aliphatic carbocycles. The van der Waals surface area contributed by atoms with E-state index in [9.17, 15) is 4.79 Å². The number of carbonyl (C=O) groups excluding carboxylic acids is 1. The number of rotatable bonds is 3. The van der Waals surface area contributed by atoms with Gasteiger partial charge in [-0.05, 0) is 30.2 Å². The molecular formula is C12H13BrO3. The highest BCUT2D eigenvalue weighted by molar-refractivity contribution is 9.10. The van der Waals surface area contributed by atoms with Crippen molar-refractivity contribution in [3.05, 3.63) is 28.2 Å². The van der Waals surface area contributed by atoms with E-state index in [1.165, 1.54) is 7.11 Å². The van der Waals surface area contributed by atoms with Gasteiger partial charge in [0.25, 0.3) is 0 Å². The molecule has 4 heteroatoms. The molecule has 0 spiro atoms. The summed E-state index contributed by atoms with van der Waals surface area (Å²) in [5.41, 5.74) is 1.08. The van der Waals surface area contributed by atoms with Gasteiger partial charge in [-0.15, -0.1) is 0 Å². The maximum absolute atomic E-state index is 11.4. The van der Waals surface area contributed by atoms with Crippen LogP contribution in [-0.2, 0) is 9.53 Å². The summed E-state index contributed by atoms with van der Waals surface area (Å²) in [7, 11) is 3.07. The standard InChI is InChI=1S/C12H13BrO3/c1-15-11-4-3-7(13)5-9(11)8-6-10(8)12(14)16-2/h3-5,8,10H,6H2,1-2H3. The van der Waals surface area contributed by atoms with Crippen LogP contribution in [0.15, 0.2) is 22.7 Å². The molecule has 1 aliphatic rings. The van der Waals surface area contributed by atoms with Crippen LogP contribution in [0.25, 0.3) is 0 Å². The lowest BCUT2D eigenvalue weighted by atomic mass is 10.1. The van der Waals surface area contributed by atoms with Crippen molar-refractivity contribution in [1.29, 1.82) is 0 Å². The zero-order valence-corrected chi connectivity index (χ0v) is 10.8. The zero-order chi connectivity index (χ0) is 11.7. The lowest BCUT2D eigenvalue weighted by molar-refractivity contribution is -0.142. The molecule has 0 amide bonds. The minimum absolute atomic E-state index is 0.00630. The first-order valence-corrected chi connectivity index (χ1v) is 5.88. The topological polar surface area (TPSA) is 35.5 Å². The molecule has 2 rings (SSSR count). The largest absolute Gasteiger partial charge is 0.496 e. The average molecular weight is 285 g/mol. The van der Waals surface area contributed by atoms with E-state index in [1.54, 1.807) is 7.11 Å². The van der Waals surface area contributed by atoms with E-state index in [2.05, 4.69) is 15.9 Å². The summed E-state index contributed by atoms with van der Waals surface area (Å²) in [5, 5.41) is 0. The quantitative estimate of drug-likeness (QED) is 0.801. The molecule has 16 heavy (non-hydrogen) atoms. The van der Waals surface area contributed by atoms with Crippen LogP contribution in [0.4, 0.5) is 0 Å². The van der Waals surface area contributed by atoms with Crippen molar-refractivity contribution in [3.63, 3.8) is 0 Å². The van der Waals surface area contributed by atoms with Crippen molar-refractivity contribution in [2.75, 3.05) is 14.2 Å². The predicted molar refractivity (Wildman–Crippen MR) is 63.6 cm³/mol. The number of hydrogen-bond acceptors (Lipinski definition) is 3. The second-order valence-electron chi connectivity index (χ2n) is 3.86. The van der Waals surface area contributed by atoms with Crippen molar-refractivity contribution in [3.8, 4) is 5.75 Å². The van der Waals surface area contributed by atoms with Crippen molar-refractivity contribution in [1.82, 2.24) is 0 Å². The van der Waals surface area contributed by atoms with Gasteiger partial charge in [0.05, 0.1) is 20.1 Å². The Hall–Kier alpha value is -1.03. The highest BCUT2D eigenvalue weighted by Crippen LogP contribution is 2.51. The molecule has 1 fully saturated rings. The van der Waals surface area contributed by atoms with Crippen molar-refractivity contribution >= 4 is 21.9 Å². The van der Waals surface area contributed by atoms with E-state index in [1.807, 2.05) is 18.2 Å². The first-order valence-electron chi connectivity index (χ1n) is 5.08. The molecule has 2 unspecified atom stereocenters. The van der Waals surface area contributed by atoms with Gasteiger partial charge in [-0.2, -0.15) is 0 Å². The van der Waals surface area contributed by atoms with Gasteiger partial charge in [-0.25, -0.2) is 0 Å². The molecule has 0 radical (unpaired) electrons. The van der Waals surface area contributed by atoms with Crippen LogP contribution in [0.5, 0.6) is 5.75 Å². The minimum Gasteiger partial charge on any atom is -0.496 e. The lowest BCUT2D eigenvalue weighted by Gasteiger charge is -2.08. The molecule has 1 saturated carbocycles. The fourth-order valence-corrected chi connectivity index (χ4v) is 2.32. The summed E-state index contributed by atoms with van der Waals surface area (Å²) in [6.07, 6.45) is 0.847. The maximum atomic E-state index is 11.4. The van der Waals surface area contributed by atoms with Gasteiger partial charge in [0.1, 0.15) is 5.75 Å². The summed E-state index contributed by atoms with van der Waals surface area (Å²) in [6, 6.07) is 5.84. The Labute approximate surface area is 103 Å². The van der Waals surface area contributed by atoms with Crippen LogP contribution < -0.4 is 4.74 Å². The Morgan fingerprint density at radius 3 is 2.81 bits per heavy atom. The van der Waals surface area contributed by atoms with Gasteiger partial charge in [0.2, 0.25) is 0 Å². The first kappa shape index (κ1) is 11.5.